The molecule has 2 rings (SSSR count). The summed E-state index contributed by atoms with van der Waals surface area (Å²) < 4.78 is 6.19. The van der Waals surface area contributed by atoms with Crippen molar-refractivity contribution in [1.82, 2.24) is 0 Å². The fraction of sp³-hybridized carbons (Fsp3) is 0.625. The van der Waals surface area contributed by atoms with Crippen molar-refractivity contribution in [2.45, 2.75) is 59.9 Å². The minimum Gasteiger partial charge on any atom is -0.353 e. The van der Waals surface area contributed by atoms with Crippen molar-refractivity contribution < 1.29 is 4.74 Å². The maximum absolute atomic E-state index is 6.19. The standard InChI is InChI=1S/C16H25NO/c1-11-9-7-8-10-14(11)17-12(2)13(3)18-15(17)16(4,5)6/h7-10,12-13,15H,1-6H3/t12-,13?,15?/m0/s1. The first-order chi connectivity index (χ1) is 8.32. The molecule has 100 valence electrons. The van der Waals surface area contributed by atoms with E-state index in [4.69, 9.17) is 4.74 Å². The first-order valence-corrected chi connectivity index (χ1v) is 6.82. The van der Waals surface area contributed by atoms with Crippen LogP contribution in [0.15, 0.2) is 24.3 Å². The Morgan fingerprint density at radius 1 is 1.11 bits per heavy atom. The summed E-state index contributed by atoms with van der Waals surface area (Å²) in [5.74, 6) is 0. The van der Waals surface area contributed by atoms with E-state index < -0.39 is 0 Å². The molecule has 0 radical (unpaired) electrons. The van der Waals surface area contributed by atoms with Gasteiger partial charge >= 0.3 is 0 Å². The van der Waals surface area contributed by atoms with Crippen LogP contribution in [0, 0.1) is 12.3 Å². The fourth-order valence-electron chi connectivity index (χ4n) is 2.64. The Bertz CT molecular complexity index is 421. The summed E-state index contributed by atoms with van der Waals surface area (Å²) in [6, 6.07) is 8.99. The Labute approximate surface area is 111 Å². The second kappa shape index (κ2) is 4.58. The summed E-state index contributed by atoms with van der Waals surface area (Å²) in [6.45, 7) is 13.3. The zero-order valence-electron chi connectivity index (χ0n) is 12.4. The van der Waals surface area contributed by atoms with Crippen molar-refractivity contribution in [3.05, 3.63) is 29.8 Å². The van der Waals surface area contributed by atoms with Gasteiger partial charge in [0.25, 0.3) is 0 Å². The van der Waals surface area contributed by atoms with Gasteiger partial charge in [-0.3, -0.25) is 0 Å². The third kappa shape index (κ3) is 2.26. The summed E-state index contributed by atoms with van der Waals surface area (Å²) in [5.41, 5.74) is 2.73. The zero-order valence-corrected chi connectivity index (χ0v) is 12.4. The predicted octanol–water partition coefficient (Wildman–Crippen LogP) is 3.98. The van der Waals surface area contributed by atoms with E-state index in [0.717, 1.165) is 0 Å². The lowest BCUT2D eigenvalue weighted by atomic mass is 9.92. The predicted molar refractivity (Wildman–Crippen MR) is 76.9 cm³/mol. The Hall–Kier alpha value is -1.02. The number of hydrogen-bond donors (Lipinski definition) is 0. The molecule has 1 aliphatic heterocycles. The van der Waals surface area contributed by atoms with E-state index in [2.05, 4.69) is 70.7 Å². The van der Waals surface area contributed by atoms with Crippen molar-refractivity contribution in [3.63, 3.8) is 0 Å². The van der Waals surface area contributed by atoms with Crippen LogP contribution in [0.1, 0.15) is 40.2 Å². The van der Waals surface area contributed by atoms with Gasteiger partial charge in [-0.2, -0.15) is 0 Å². The molecule has 0 spiro atoms. The molecule has 2 unspecified atom stereocenters. The van der Waals surface area contributed by atoms with Gasteiger partial charge in [0.2, 0.25) is 0 Å². The van der Waals surface area contributed by atoms with Crippen LogP contribution in [0.3, 0.4) is 0 Å². The molecule has 18 heavy (non-hydrogen) atoms. The number of anilines is 1. The smallest absolute Gasteiger partial charge is 0.135 e. The number of ether oxygens (including phenoxy) is 1. The van der Waals surface area contributed by atoms with Gasteiger partial charge in [0, 0.05) is 11.1 Å². The van der Waals surface area contributed by atoms with Gasteiger partial charge in [-0.15, -0.1) is 0 Å². The van der Waals surface area contributed by atoms with E-state index in [9.17, 15) is 0 Å². The summed E-state index contributed by atoms with van der Waals surface area (Å²) in [5, 5.41) is 0. The molecule has 1 aromatic rings. The molecule has 2 heteroatoms. The second-order valence-corrected chi connectivity index (χ2v) is 6.49. The molecule has 1 aliphatic rings. The molecule has 1 aromatic carbocycles. The van der Waals surface area contributed by atoms with Crippen LogP contribution < -0.4 is 4.90 Å². The molecule has 0 aromatic heterocycles. The monoisotopic (exact) mass is 247 g/mol. The first-order valence-electron chi connectivity index (χ1n) is 6.82. The van der Waals surface area contributed by atoms with E-state index in [1.807, 2.05) is 0 Å². The van der Waals surface area contributed by atoms with Crippen molar-refractivity contribution >= 4 is 5.69 Å². The van der Waals surface area contributed by atoms with Gasteiger partial charge in [0.1, 0.15) is 6.23 Å². The second-order valence-electron chi connectivity index (χ2n) is 6.49. The molecule has 2 nitrogen and oxygen atoms in total. The summed E-state index contributed by atoms with van der Waals surface area (Å²) in [4.78, 5) is 2.44. The first kappa shape index (κ1) is 13.4. The molecule has 0 aliphatic carbocycles. The number of aryl methyl sites for hydroxylation is 1. The minimum atomic E-state index is 0.112. The minimum absolute atomic E-state index is 0.112. The average molecular weight is 247 g/mol. The number of benzene rings is 1. The Balaban J connectivity index is 2.42. The highest BCUT2D eigenvalue weighted by molar-refractivity contribution is 5.55. The highest BCUT2D eigenvalue weighted by Crippen LogP contribution is 2.39. The number of nitrogens with zero attached hydrogens (tertiary/aromatic N) is 1. The summed E-state index contributed by atoms with van der Waals surface area (Å²) in [7, 11) is 0. The van der Waals surface area contributed by atoms with Gasteiger partial charge in [0.15, 0.2) is 0 Å². The quantitative estimate of drug-likeness (QED) is 0.744. The molecule has 3 atom stereocenters. The van der Waals surface area contributed by atoms with Crippen molar-refractivity contribution in [1.29, 1.82) is 0 Å². The van der Waals surface area contributed by atoms with Crippen LogP contribution in [0.5, 0.6) is 0 Å². The summed E-state index contributed by atoms with van der Waals surface area (Å²) >= 11 is 0. The Morgan fingerprint density at radius 2 is 1.72 bits per heavy atom. The summed E-state index contributed by atoms with van der Waals surface area (Å²) in [6.07, 6.45) is 0.414. The van der Waals surface area contributed by atoms with Gasteiger partial charge in [-0.05, 0) is 32.4 Å². The molecule has 1 fully saturated rings. The van der Waals surface area contributed by atoms with Crippen LogP contribution in [0.4, 0.5) is 5.69 Å². The molecule has 0 saturated carbocycles. The van der Waals surface area contributed by atoms with Crippen LogP contribution in [0.25, 0.3) is 0 Å². The highest BCUT2D eigenvalue weighted by atomic mass is 16.5. The van der Waals surface area contributed by atoms with Crippen LogP contribution in [-0.4, -0.2) is 18.4 Å². The van der Waals surface area contributed by atoms with Gasteiger partial charge in [-0.25, -0.2) is 0 Å². The number of para-hydroxylation sites is 1. The topological polar surface area (TPSA) is 12.5 Å². The number of rotatable bonds is 1. The normalized spacial score (nSPS) is 28.8. The van der Waals surface area contributed by atoms with Gasteiger partial charge < -0.3 is 9.64 Å². The Morgan fingerprint density at radius 3 is 2.28 bits per heavy atom. The van der Waals surface area contributed by atoms with Gasteiger partial charge in [-0.1, -0.05) is 39.0 Å². The van der Waals surface area contributed by atoms with Gasteiger partial charge in [0.05, 0.1) is 12.1 Å². The highest BCUT2D eigenvalue weighted by Gasteiger charge is 2.43. The molecular formula is C16H25NO. The van der Waals surface area contributed by atoms with E-state index in [-0.39, 0.29) is 17.7 Å². The van der Waals surface area contributed by atoms with E-state index >= 15 is 0 Å². The maximum Gasteiger partial charge on any atom is 0.135 e. The van der Waals surface area contributed by atoms with Crippen molar-refractivity contribution in [2.24, 2.45) is 5.41 Å². The molecule has 0 amide bonds. The third-order valence-corrected chi connectivity index (χ3v) is 3.85. The molecule has 0 bridgehead atoms. The molecule has 1 saturated heterocycles. The molecule has 0 N–H and O–H groups in total. The van der Waals surface area contributed by atoms with Crippen LogP contribution >= 0.6 is 0 Å². The lowest BCUT2D eigenvalue weighted by molar-refractivity contribution is -0.00842. The van der Waals surface area contributed by atoms with Crippen LogP contribution in [0.2, 0.25) is 0 Å². The van der Waals surface area contributed by atoms with Crippen molar-refractivity contribution in [2.75, 3.05) is 4.90 Å². The van der Waals surface area contributed by atoms with Crippen molar-refractivity contribution in [3.8, 4) is 0 Å². The number of hydrogen-bond acceptors (Lipinski definition) is 2. The fourth-order valence-corrected chi connectivity index (χ4v) is 2.64. The van der Waals surface area contributed by atoms with E-state index in [1.165, 1.54) is 11.3 Å². The average Bonchev–Trinajstić information content (AvgIpc) is 2.57. The lowest BCUT2D eigenvalue weighted by Crippen LogP contribution is -2.43. The molecule has 1 heterocycles. The maximum atomic E-state index is 6.19. The third-order valence-electron chi connectivity index (χ3n) is 3.85. The van der Waals surface area contributed by atoms with Crippen LogP contribution in [-0.2, 0) is 4.74 Å². The Kier molecular flexibility index (Phi) is 3.41. The lowest BCUT2D eigenvalue weighted by Gasteiger charge is -2.37. The van der Waals surface area contributed by atoms with E-state index in [1.54, 1.807) is 0 Å². The largest absolute Gasteiger partial charge is 0.353 e. The van der Waals surface area contributed by atoms with E-state index in [0.29, 0.717) is 6.04 Å². The SMILES string of the molecule is Cc1ccccc1N1C(C(C)(C)C)OC(C)[C@@H]1C. The zero-order chi connectivity index (χ0) is 13.5. The molecular weight excluding hydrogens is 222 g/mol.